The van der Waals surface area contributed by atoms with Gasteiger partial charge in [0.15, 0.2) is 0 Å². The third-order valence-corrected chi connectivity index (χ3v) is 2.92. The van der Waals surface area contributed by atoms with E-state index in [-0.39, 0.29) is 6.54 Å². The summed E-state index contributed by atoms with van der Waals surface area (Å²) in [4.78, 5) is 0. The molecule has 5 heteroatoms. The van der Waals surface area contributed by atoms with Crippen molar-refractivity contribution in [1.82, 2.24) is 0 Å². The lowest BCUT2D eigenvalue weighted by Crippen LogP contribution is -2.03. The monoisotopic (exact) mass is 278 g/mol. The number of hydrogen-bond acceptors (Lipinski definition) is 2. The SMILES string of the molecule is N#Cc1ccc(F)cc1CNc1cc(F)ccc1Cl. The third kappa shape index (κ3) is 3.21. The Hall–Kier alpha value is -2.12. The van der Waals surface area contributed by atoms with Gasteiger partial charge < -0.3 is 5.32 Å². The molecule has 19 heavy (non-hydrogen) atoms. The highest BCUT2D eigenvalue weighted by molar-refractivity contribution is 6.33. The van der Waals surface area contributed by atoms with Crippen LogP contribution in [-0.4, -0.2) is 0 Å². The molecule has 0 aliphatic rings. The lowest BCUT2D eigenvalue weighted by molar-refractivity contribution is 0.625. The Labute approximate surface area is 114 Å². The van der Waals surface area contributed by atoms with Gasteiger partial charge in [0.05, 0.1) is 22.3 Å². The number of anilines is 1. The molecule has 0 heterocycles. The second-order valence-corrected chi connectivity index (χ2v) is 4.30. The van der Waals surface area contributed by atoms with Crippen LogP contribution in [0.3, 0.4) is 0 Å². The molecule has 0 saturated heterocycles. The molecule has 0 radical (unpaired) electrons. The number of nitrogens with one attached hydrogen (secondary N) is 1. The van der Waals surface area contributed by atoms with E-state index in [0.29, 0.717) is 21.8 Å². The van der Waals surface area contributed by atoms with Crippen LogP contribution in [0.4, 0.5) is 14.5 Å². The molecule has 1 N–H and O–H groups in total. The van der Waals surface area contributed by atoms with E-state index >= 15 is 0 Å². The minimum Gasteiger partial charge on any atom is -0.380 e. The minimum absolute atomic E-state index is 0.184. The highest BCUT2D eigenvalue weighted by atomic mass is 35.5. The Morgan fingerprint density at radius 3 is 2.53 bits per heavy atom. The quantitative estimate of drug-likeness (QED) is 0.917. The third-order valence-electron chi connectivity index (χ3n) is 2.59. The Bertz CT molecular complexity index is 650. The van der Waals surface area contributed by atoms with Crippen LogP contribution >= 0.6 is 11.6 Å². The van der Waals surface area contributed by atoms with E-state index in [9.17, 15) is 8.78 Å². The van der Waals surface area contributed by atoms with E-state index in [2.05, 4.69) is 5.32 Å². The first kappa shape index (κ1) is 13.3. The van der Waals surface area contributed by atoms with Gasteiger partial charge in [0.1, 0.15) is 11.6 Å². The highest BCUT2D eigenvalue weighted by Gasteiger charge is 2.06. The smallest absolute Gasteiger partial charge is 0.125 e. The summed E-state index contributed by atoms with van der Waals surface area (Å²) in [7, 11) is 0. The molecule has 2 nitrogen and oxygen atoms in total. The molecule has 0 spiro atoms. The van der Waals surface area contributed by atoms with Gasteiger partial charge in [0, 0.05) is 6.54 Å². The van der Waals surface area contributed by atoms with Crippen LogP contribution in [0.2, 0.25) is 5.02 Å². The Kier molecular flexibility index (Phi) is 3.98. The van der Waals surface area contributed by atoms with Crippen molar-refractivity contribution in [3.05, 3.63) is 64.2 Å². The summed E-state index contributed by atoms with van der Waals surface area (Å²) >= 11 is 5.90. The fourth-order valence-electron chi connectivity index (χ4n) is 1.64. The van der Waals surface area contributed by atoms with E-state index in [0.717, 1.165) is 0 Å². The molecule has 0 fully saturated rings. The average molecular weight is 279 g/mol. The predicted molar refractivity (Wildman–Crippen MR) is 69.9 cm³/mol. The molecule has 2 aromatic rings. The summed E-state index contributed by atoms with van der Waals surface area (Å²) in [5.41, 5.74) is 1.25. The number of hydrogen-bond donors (Lipinski definition) is 1. The molecular formula is C14H9ClF2N2. The van der Waals surface area contributed by atoms with Crippen molar-refractivity contribution in [1.29, 1.82) is 5.26 Å². The molecule has 0 aliphatic carbocycles. The minimum atomic E-state index is -0.430. The number of nitrogens with zero attached hydrogens (tertiary/aromatic N) is 1. The van der Waals surface area contributed by atoms with Crippen LogP contribution in [0.5, 0.6) is 0 Å². The summed E-state index contributed by atoms with van der Waals surface area (Å²) in [5.74, 6) is -0.854. The largest absolute Gasteiger partial charge is 0.380 e. The summed E-state index contributed by atoms with van der Waals surface area (Å²) in [6.45, 7) is 0.184. The maximum Gasteiger partial charge on any atom is 0.125 e. The summed E-state index contributed by atoms with van der Waals surface area (Å²) < 4.78 is 26.2. The molecule has 0 unspecified atom stereocenters. The zero-order chi connectivity index (χ0) is 13.8. The van der Waals surface area contributed by atoms with Crippen molar-refractivity contribution in [3.63, 3.8) is 0 Å². The van der Waals surface area contributed by atoms with E-state index in [1.165, 1.54) is 36.4 Å². The van der Waals surface area contributed by atoms with Crippen molar-refractivity contribution in [2.75, 3.05) is 5.32 Å². The first-order valence-corrected chi connectivity index (χ1v) is 5.85. The second kappa shape index (κ2) is 5.68. The topological polar surface area (TPSA) is 35.8 Å². The molecule has 0 saturated carbocycles. The molecule has 0 atom stereocenters. The molecule has 0 bridgehead atoms. The standard InChI is InChI=1S/C14H9ClF2N2/c15-13-4-3-12(17)6-14(13)19-8-10-5-11(16)2-1-9(10)7-18/h1-6,19H,8H2. The second-order valence-electron chi connectivity index (χ2n) is 3.89. The van der Waals surface area contributed by atoms with Crippen LogP contribution in [0.25, 0.3) is 0 Å². The maximum atomic E-state index is 13.1. The van der Waals surface area contributed by atoms with E-state index < -0.39 is 11.6 Å². The fraction of sp³-hybridized carbons (Fsp3) is 0.0714. The summed E-state index contributed by atoms with van der Waals surface area (Å²) in [5, 5.41) is 12.2. The van der Waals surface area contributed by atoms with Crippen LogP contribution in [0.1, 0.15) is 11.1 Å². The van der Waals surface area contributed by atoms with Gasteiger partial charge in [-0.15, -0.1) is 0 Å². The lowest BCUT2D eigenvalue weighted by Gasteiger charge is -2.09. The number of benzene rings is 2. The Morgan fingerprint density at radius 2 is 1.79 bits per heavy atom. The predicted octanol–water partition coefficient (Wildman–Crippen LogP) is 4.10. The van der Waals surface area contributed by atoms with Gasteiger partial charge in [-0.3, -0.25) is 0 Å². The molecule has 0 aromatic heterocycles. The van der Waals surface area contributed by atoms with Crippen molar-refractivity contribution >= 4 is 17.3 Å². The average Bonchev–Trinajstić information content (AvgIpc) is 2.40. The van der Waals surface area contributed by atoms with Crippen LogP contribution in [0.15, 0.2) is 36.4 Å². The molecule has 96 valence electrons. The molecule has 0 aliphatic heterocycles. The first-order chi connectivity index (χ1) is 9.10. The highest BCUT2D eigenvalue weighted by Crippen LogP contribution is 2.23. The Balaban J connectivity index is 2.21. The van der Waals surface area contributed by atoms with E-state index in [1.54, 1.807) is 0 Å². The van der Waals surface area contributed by atoms with Gasteiger partial charge >= 0.3 is 0 Å². The van der Waals surface area contributed by atoms with Crippen molar-refractivity contribution in [3.8, 4) is 6.07 Å². The Morgan fingerprint density at radius 1 is 1.11 bits per heavy atom. The zero-order valence-corrected chi connectivity index (χ0v) is 10.5. The van der Waals surface area contributed by atoms with Crippen molar-refractivity contribution in [2.24, 2.45) is 0 Å². The number of halogens is 3. The van der Waals surface area contributed by atoms with Crippen molar-refractivity contribution in [2.45, 2.75) is 6.54 Å². The van der Waals surface area contributed by atoms with E-state index in [4.69, 9.17) is 16.9 Å². The zero-order valence-electron chi connectivity index (χ0n) is 9.75. The van der Waals surface area contributed by atoms with Gasteiger partial charge in [0.25, 0.3) is 0 Å². The number of rotatable bonds is 3. The van der Waals surface area contributed by atoms with Crippen LogP contribution in [-0.2, 0) is 6.54 Å². The molecular weight excluding hydrogens is 270 g/mol. The molecule has 0 amide bonds. The van der Waals surface area contributed by atoms with Crippen molar-refractivity contribution < 1.29 is 8.78 Å². The molecule has 2 rings (SSSR count). The lowest BCUT2D eigenvalue weighted by atomic mass is 10.1. The van der Waals surface area contributed by atoms with Crippen LogP contribution < -0.4 is 5.32 Å². The van der Waals surface area contributed by atoms with Crippen LogP contribution in [0, 0.1) is 23.0 Å². The number of nitriles is 1. The summed E-state index contributed by atoms with van der Waals surface area (Å²) in [6, 6.07) is 9.77. The fourth-order valence-corrected chi connectivity index (χ4v) is 1.83. The summed E-state index contributed by atoms with van der Waals surface area (Å²) in [6.07, 6.45) is 0. The normalized spacial score (nSPS) is 10.0. The van der Waals surface area contributed by atoms with Gasteiger partial charge in [-0.25, -0.2) is 8.78 Å². The first-order valence-electron chi connectivity index (χ1n) is 5.47. The van der Waals surface area contributed by atoms with Gasteiger partial charge in [-0.2, -0.15) is 5.26 Å². The van der Waals surface area contributed by atoms with Gasteiger partial charge in [-0.05, 0) is 42.0 Å². The van der Waals surface area contributed by atoms with E-state index in [1.807, 2.05) is 6.07 Å². The maximum absolute atomic E-state index is 13.1. The van der Waals surface area contributed by atoms with Gasteiger partial charge in [-0.1, -0.05) is 11.6 Å². The van der Waals surface area contributed by atoms with Gasteiger partial charge in [0.2, 0.25) is 0 Å². The molecule has 2 aromatic carbocycles.